The fourth-order valence-electron chi connectivity index (χ4n) is 2.74. The summed E-state index contributed by atoms with van der Waals surface area (Å²) in [5.74, 6) is -0.594. The van der Waals surface area contributed by atoms with Crippen LogP contribution < -0.4 is 10.0 Å². The molecule has 0 spiro atoms. The molecule has 2 aromatic carbocycles. The molecule has 26 heavy (non-hydrogen) atoms. The second kappa shape index (κ2) is 7.33. The molecule has 2 amide bonds. The predicted molar refractivity (Wildman–Crippen MR) is 98.2 cm³/mol. The first-order chi connectivity index (χ1) is 12.4. The van der Waals surface area contributed by atoms with Crippen LogP contribution in [0, 0.1) is 12.7 Å². The van der Waals surface area contributed by atoms with Crippen LogP contribution >= 0.6 is 0 Å². The van der Waals surface area contributed by atoms with Gasteiger partial charge in [-0.05, 0) is 49.6 Å². The first kappa shape index (κ1) is 18.2. The molecule has 1 fully saturated rings. The van der Waals surface area contributed by atoms with E-state index in [1.165, 1.54) is 12.1 Å². The SMILES string of the molecule is Cc1ccc(S(=O)(=O)Nc2ccccc2NC(=O)N2CCCC2)cc1F. The molecule has 1 saturated heterocycles. The Morgan fingerprint density at radius 3 is 2.38 bits per heavy atom. The molecule has 0 bridgehead atoms. The number of rotatable bonds is 4. The summed E-state index contributed by atoms with van der Waals surface area (Å²) in [4.78, 5) is 13.8. The van der Waals surface area contributed by atoms with Crippen molar-refractivity contribution in [3.05, 3.63) is 53.8 Å². The molecule has 2 aromatic rings. The van der Waals surface area contributed by atoms with Gasteiger partial charge in [-0.1, -0.05) is 18.2 Å². The lowest BCUT2D eigenvalue weighted by atomic mass is 10.2. The van der Waals surface area contributed by atoms with Crippen molar-refractivity contribution in [2.75, 3.05) is 23.1 Å². The summed E-state index contributed by atoms with van der Waals surface area (Å²) < 4.78 is 41.3. The number of para-hydroxylation sites is 2. The van der Waals surface area contributed by atoms with Gasteiger partial charge in [0.05, 0.1) is 16.3 Å². The Morgan fingerprint density at radius 2 is 1.73 bits per heavy atom. The van der Waals surface area contributed by atoms with E-state index in [-0.39, 0.29) is 16.6 Å². The van der Waals surface area contributed by atoms with E-state index in [1.807, 2.05) is 0 Å². The quantitative estimate of drug-likeness (QED) is 0.855. The highest BCUT2D eigenvalue weighted by Gasteiger charge is 2.21. The minimum Gasteiger partial charge on any atom is -0.325 e. The summed E-state index contributed by atoms with van der Waals surface area (Å²) in [6.45, 7) is 2.92. The number of sulfonamides is 1. The van der Waals surface area contributed by atoms with Crippen LogP contribution in [-0.2, 0) is 10.0 Å². The van der Waals surface area contributed by atoms with Gasteiger partial charge in [0, 0.05) is 13.1 Å². The smallest absolute Gasteiger partial charge is 0.321 e. The van der Waals surface area contributed by atoms with Crippen molar-refractivity contribution in [1.29, 1.82) is 0 Å². The Labute approximate surface area is 152 Å². The molecular weight excluding hydrogens is 357 g/mol. The Kier molecular flexibility index (Phi) is 5.13. The number of nitrogens with zero attached hydrogens (tertiary/aromatic N) is 1. The first-order valence-corrected chi connectivity index (χ1v) is 9.79. The Bertz CT molecular complexity index is 925. The number of carbonyl (C=O) groups excluding carboxylic acids is 1. The molecule has 8 heteroatoms. The van der Waals surface area contributed by atoms with Gasteiger partial charge in [0.15, 0.2) is 0 Å². The average Bonchev–Trinajstić information content (AvgIpc) is 3.13. The third kappa shape index (κ3) is 3.96. The number of aryl methyl sites for hydroxylation is 1. The van der Waals surface area contributed by atoms with Gasteiger partial charge >= 0.3 is 6.03 Å². The van der Waals surface area contributed by atoms with Crippen molar-refractivity contribution in [2.24, 2.45) is 0 Å². The van der Waals surface area contributed by atoms with Crippen molar-refractivity contribution in [3.63, 3.8) is 0 Å². The van der Waals surface area contributed by atoms with Gasteiger partial charge in [-0.2, -0.15) is 0 Å². The van der Waals surface area contributed by atoms with Gasteiger partial charge in [0.2, 0.25) is 0 Å². The first-order valence-electron chi connectivity index (χ1n) is 8.31. The minimum absolute atomic E-state index is 0.179. The maximum absolute atomic E-state index is 13.7. The normalized spacial score (nSPS) is 14.3. The lowest BCUT2D eigenvalue weighted by molar-refractivity contribution is 0.222. The number of anilines is 2. The van der Waals surface area contributed by atoms with E-state index < -0.39 is 15.8 Å². The second-order valence-electron chi connectivity index (χ2n) is 6.19. The summed E-state index contributed by atoms with van der Waals surface area (Å²) >= 11 is 0. The largest absolute Gasteiger partial charge is 0.325 e. The fraction of sp³-hybridized carbons (Fsp3) is 0.278. The van der Waals surface area contributed by atoms with E-state index in [9.17, 15) is 17.6 Å². The number of benzene rings is 2. The van der Waals surface area contributed by atoms with Crippen LogP contribution in [0.15, 0.2) is 47.4 Å². The molecule has 2 N–H and O–H groups in total. The highest BCUT2D eigenvalue weighted by Crippen LogP contribution is 2.26. The molecule has 0 aromatic heterocycles. The Balaban J connectivity index is 1.83. The molecule has 0 saturated carbocycles. The topological polar surface area (TPSA) is 78.5 Å². The molecule has 0 radical (unpaired) electrons. The molecule has 1 aliphatic heterocycles. The van der Waals surface area contributed by atoms with Crippen LogP contribution in [0.1, 0.15) is 18.4 Å². The van der Waals surface area contributed by atoms with Crippen LogP contribution in [0.2, 0.25) is 0 Å². The highest BCUT2D eigenvalue weighted by molar-refractivity contribution is 7.92. The lowest BCUT2D eigenvalue weighted by Gasteiger charge is -2.18. The molecule has 6 nitrogen and oxygen atoms in total. The van der Waals surface area contributed by atoms with E-state index >= 15 is 0 Å². The van der Waals surface area contributed by atoms with E-state index in [1.54, 1.807) is 36.1 Å². The summed E-state index contributed by atoms with van der Waals surface area (Å²) in [6.07, 6.45) is 1.92. The van der Waals surface area contributed by atoms with Gasteiger partial charge < -0.3 is 10.2 Å². The summed E-state index contributed by atoms with van der Waals surface area (Å²) in [5.41, 5.74) is 0.934. The van der Waals surface area contributed by atoms with Crippen molar-refractivity contribution in [3.8, 4) is 0 Å². The molecular formula is C18H20FN3O3S. The van der Waals surface area contributed by atoms with Crippen LogP contribution in [0.5, 0.6) is 0 Å². The van der Waals surface area contributed by atoms with Gasteiger partial charge in [0.1, 0.15) is 5.82 Å². The number of hydrogen-bond acceptors (Lipinski definition) is 3. The number of carbonyl (C=O) groups is 1. The fourth-order valence-corrected chi connectivity index (χ4v) is 3.83. The molecule has 0 atom stereocenters. The molecule has 138 valence electrons. The summed E-state index contributed by atoms with van der Waals surface area (Å²) in [7, 11) is -3.98. The lowest BCUT2D eigenvalue weighted by Crippen LogP contribution is -2.32. The molecule has 0 unspecified atom stereocenters. The number of likely N-dealkylation sites (tertiary alicyclic amines) is 1. The molecule has 0 aliphatic carbocycles. The summed E-state index contributed by atoms with van der Waals surface area (Å²) in [6, 6.07) is 9.96. The standard InChI is InChI=1S/C18H20FN3O3S/c1-13-8-9-14(12-15(13)19)26(24,25)21-17-7-3-2-6-16(17)20-18(23)22-10-4-5-11-22/h2-3,6-9,12,21H,4-5,10-11H2,1H3,(H,20,23). The summed E-state index contributed by atoms with van der Waals surface area (Å²) in [5, 5.41) is 2.73. The second-order valence-corrected chi connectivity index (χ2v) is 7.87. The minimum atomic E-state index is -3.98. The maximum Gasteiger partial charge on any atom is 0.321 e. The monoisotopic (exact) mass is 377 g/mol. The number of amides is 2. The van der Waals surface area contributed by atoms with Crippen molar-refractivity contribution < 1.29 is 17.6 Å². The van der Waals surface area contributed by atoms with Crippen LogP contribution in [0.3, 0.4) is 0 Å². The molecule has 1 aliphatic rings. The number of nitrogens with one attached hydrogen (secondary N) is 2. The zero-order valence-corrected chi connectivity index (χ0v) is 15.1. The van der Waals surface area contributed by atoms with Crippen LogP contribution in [0.25, 0.3) is 0 Å². The van der Waals surface area contributed by atoms with E-state index in [2.05, 4.69) is 10.0 Å². The van der Waals surface area contributed by atoms with Gasteiger partial charge in [-0.15, -0.1) is 0 Å². The molecule has 3 rings (SSSR count). The van der Waals surface area contributed by atoms with Crippen molar-refractivity contribution in [1.82, 2.24) is 4.90 Å². The maximum atomic E-state index is 13.7. The van der Waals surface area contributed by atoms with Crippen molar-refractivity contribution in [2.45, 2.75) is 24.7 Å². The number of halogens is 1. The third-order valence-corrected chi connectivity index (χ3v) is 5.62. The predicted octanol–water partition coefficient (Wildman–Crippen LogP) is 3.56. The van der Waals surface area contributed by atoms with E-state index in [0.717, 1.165) is 18.9 Å². The average molecular weight is 377 g/mol. The molecule has 1 heterocycles. The van der Waals surface area contributed by atoms with Crippen LogP contribution in [-0.4, -0.2) is 32.4 Å². The Morgan fingerprint density at radius 1 is 1.08 bits per heavy atom. The van der Waals surface area contributed by atoms with Crippen molar-refractivity contribution >= 4 is 27.4 Å². The Hall–Kier alpha value is -2.61. The van der Waals surface area contributed by atoms with E-state index in [4.69, 9.17) is 0 Å². The van der Waals surface area contributed by atoms with Gasteiger partial charge in [-0.3, -0.25) is 4.72 Å². The zero-order valence-electron chi connectivity index (χ0n) is 14.3. The van der Waals surface area contributed by atoms with E-state index in [0.29, 0.717) is 24.3 Å². The number of urea groups is 1. The third-order valence-electron chi connectivity index (χ3n) is 4.26. The number of hydrogen-bond donors (Lipinski definition) is 2. The highest BCUT2D eigenvalue weighted by atomic mass is 32.2. The van der Waals surface area contributed by atoms with Gasteiger partial charge in [-0.25, -0.2) is 17.6 Å². The zero-order chi connectivity index (χ0) is 18.7. The van der Waals surface area contributed by atoms with Crippen LogP contribution in [0.4, 0.5) is 20.6 Å². The van der Waals surface area contributed by atoms with Gasteiger partial charge in [0.25, 0.3) is 10.0 Å².